The zero-order chi connectivity index (χ0) is 23.8. The van der Waals surface area contributed by atoms with Crippen molar-refractivity contribution in [1.29, 1.82) is 0 Å². The number of aryl methyl sites for hydroxylation is 1. The lowest BCUT2D eigenvalue weighted by molar-refractivity contribution is -0.122. The van der Waals surface area contributed by atoms with Gasteiger partial charge in [-0.25, -0.2) is 8.42 Å². The summed E-state index contributed by atoms with van der Waals surface area (Å²) in [5.74, 6) is 0.704. The van der Waals surface area contributed by atoms with E-state index in [1.807, 2.05) is 43.3 Å². The fraction of sp³-hybridized carbons (Fsp3) is 0.240. The Morgan fingerprint density at radius 3 is 2.18 bits per heavy atom. The Kier molecular flexibility index (Phi) is 8.08. The molecule has 0 fully saturated rings. The maximum Gasteiger partial charge on any atom is 0.241 e. The van der Waals surface area contributed by atoms with Crippen LogP contribution in [0.15, 0.2) is 77.7 Å². The van der Waals surface area contributed by atoms with Crippen molar-refractivity contribution in [1.82, 2.24) is 10.0 Å². The normalized spacial score (nSPS) is 12.1. The van der Waals surface area contributed by atoms with E-state index in [0.29, 0.717) is 11.5 Å². The summed E-state index contributed by atoms with van der Waals surface area (Å²) in [4.78, 5) is 13.2. The smallest absolute Gasteiger partial charge is 0.241 e. The summed E-state index contributed by atoms with van der Waals surface area (Å²) in [6, 6.07) is 20.1. The second kappa shape index (κ2) is 11.0. The van der Waals surface area contributed by atoms with Crippen LogP contribution in [-0.4, -0.2) is 34.6 Å². The van der Waals surface area contributed by atoms with Gasteiger partial charge in [-0.05, 0) is 48.7 Å². The van der Waals surface area contributed by atoms with Gasteiger partial charge in [0.25, 0.3) is 0 Å². The standard InChI is InChI=1S/C25H28N2O5S/c1-18-9-12-21(13-10-18)33(29,30)27-22(15-19-7-5-4-6-8-19)25(28)26-17-20-11-14-23(31-2)24(16-20)32-3/h4-14,16,22,27H,15,17H2,1-3H3,(H,26,28)/t22-/m0/s1. The number of carbonyl (C=O) groups excluding carboxylic acids is 1. The summed E-state index contributed by atoms with van der Waals surface area (Å²) in [7, 11) is -0.804. The first-order valence-electron chi connectivity index (χ1n) is 10.4. The third-order valence-corrected chi connectivity index (χ3v) is 6.63. The minimum Gasteiger partial charge on any atom is -0.493 e. The summed E-state index contributed by atoms with van der Waals surface area (Å²) in [5, 5.41) is 2.83. The predicted molar refractivity (Wildman–Crippen MR) is 127 cm³/mol. The largest absolute Gasteiger partial charge is 0.493 e. The molecule has 0 spiro atoms. The van der Waals surface area contributed by atoms with Gasteiger partial charge in [0, 0.05) is 6.54 Å². The van der Waals surface area contributed by atoms with Gasteiger partial charge >= 0.3 is 0 Å². The first kappa shape index (κ1) is 24.3. The van der Waals surface area contributed by atoms with Crippen LogP contribution in [0.4, 0.5) is 0 Å². The Morgan fingerprint density at radius 1 is 0.879 bits per heavy atom. The van der Waals surface area contributed by atoms with Gasteiger partial charge in [-0.3, -0.25) is 4.79 Å². The van der Waals surface area contributed by atoms with Crippen molar-refractivity contribution in [2.45, 2.75) is 30.8 Å². The highest BCUT2D eigenvalue weighted by atomic mass is 32.2. The van der Waals surface area contributed by atoms with Gasteiger partial charge in [0.15, 0.2) is 11.5 Å². The van der Waals surface area contributed by atoms with Crippen molar-refractivity contribution in [2.75, 3.05) is 14.2 Å². The molecule has 3 aromatic rings. The van der Waals surface area contributed by atoms with Crippen LogP contribution in [0.3, 0.4) is 0 Å². The van der Waals surface area contributed by atoms with E-state index in [1.165, 1.54) is 19.2 Å². The molecular weight excluding hydrogens is 440 g/mol. The van der Waals surface area contributed by atoms with Crippen LogP contribution >= 0.6 is 0 Å². The number of carbonyl (C=O) groups is 1. The lowest BCUT2D eigenvalue weighted by atomic mass is 10.1. The van der Waals surface area contributed by atoms with E-state index < -0.39 is 22.0 Å². The number of ether oxygens (including phenoxy) is 2. The first-order chi connectivity index (χ1) is 15.8. The molecule has 1 amide bonds. The average molecular weight is 469 g/mol. The van der Waals surface area contributed by atoms with Gasteiger partial charge in [0.1, 0.15) is 6.04 Å². The Balaban J connectivity index is 1.78. The van der Waals surface area contributed by atoms with E-state index in [2.05, 4.69) is 10.0 Å². The number of amides is 1. The molecule has 2 N–H and O–H groups in total. The summed E-state index contributed by atoms with van der Waals surface area (Å²) in [6.07, 6.45) is 0.212. The Morgan fingerprint density at radius 2 is 1.55 bits per heavy atom. The quantitative estimate of drug-likeness (QED) is 0.477. The van der Waals surface area contributed by atoms with Crippen LogP contribution in [0.25, 0.3) is 0 Å². The van der Waals surface area contributed by atoms with Crippen molar-refractivity contribution >= 4 is 15.9 Å². The van der Waals surface area contributed by atoms with E-state index in [9.17, 15) is 13.2 Å². The third-order valence-electron chi connectivity index (χ3n) is 5.14. The Hall–Kier alpha value is -3.36. The van der Waals surface area contributed by atoms with E-state index >= 15 is 0 Å². The Labute approximate surface area is 194 Å². The SMILES string of the molecule is COc1ccc(CNC(=O)[C@H](Cc2ccccc2)NS(=O)(=O)c2ccc(C)cc2)cc1OC. The van der Waals surface area contributed by atoms with Gasteiger partial charge < -0.3 is 14.8 Å². The van der Waals surface area contributed by atoms with Crippen LogP contribution in [0.2, 0.25) is 0 Å². The molecule has 3 rings (SSSR count). The highest BCUT2D eigenvalue weighted by Gasteiger charge is 2.26. The molecule has 0 aliphatic rings. The molecule has 174 valence electrons. The minimum atomic E-state index is -3.89. The second-order valence-corrected chi connectivity index (χ2v) is 9.30. The summed E-state index contributed by atoms with van der Waals surface area (Å²) in [5.41, 5.74) is 2.58. The third kappa shape index (κ3) is 6.57. The Bertz CT molecular complexity index is 1180. The molecule has 3 aromatic carbocycles. The molecule has 0 radical (unpaired) electrons. The fourth-order valence-corrected chi connectivity index (χ4v) is 4.51. The lowest BCUT2D eigenvalue weighted by Gasteiger charge is -2.19. The zero-order valence-electron chi connectivity index (χ0n) is 18.9. The van der Waals surface area contributed by atoms with Crippen LogP contribution in [0.1, 0.15) is 16.7 Å². The maximum absolute atomic E-state index is 13.1. The maximum atomic E-state index is 13.1. The van der Waals surface area contributed by atoms with Crippen molar-refractivity contribution in [3.05, 3.63) is 89.5 Å². The molecule has 0 bridgehead atoms. The number of rotatable bonds is 10. The van der Waals surface area contributed by atoms with Crippen molar-refractivity contribution in [3.63, 3.8) is 0 Å². The van der Waals surface area contributed by atoms with Gasteiger partial charge in [0.2, 0.25) is 15.9 Å². The molecule has 0 heterocycles. The number of sulfonamides is 1. The molecular formula is C25H28N2O5S. The molecule has 0 saturated carbocycles. The van der Waals surface area contributed by atoms with E-state index in [-0.39, 0.29) is 17.9 Å². The fourth-order valence-electron chi connectivity index (χ4n) is 3.31. The van der Waals surface area contributed by atoms with E-state index in [4.69, 9.17) is 9.47 Å². The number of methoxy groups -OCH3 is 2. The topological polar surface area (TPSA) is 93.7 Å². The second-order valence-electron chi connectivity index (χ2n) is 7.58. The van der Waals surface area contributed by atoms with Gasteiger partial charge in [-0.2, -0.15) is 4.72 Å². The number of benzene rings is 3. The summed E-state index contributed by atoms with van der Waals surface area (Å²) < 4.78 is 39.0. The zero-order valence-corrected chi connectivity index (χ0v) is 19.7. The van der Waals surface area contributed by atoms with E-state index in [0.717, 1.165) is 16.7 Å². The summed E-state index contributed by atoms with van der Waals surface area (Å²) in [6.45, 7) is 2.08. The molecule has 8 heteroatoms. The van der Waals surface area contributed by atoms with Gasteiger partial charge in [0.05, 0.1) is 19.1 Å². The number of hydrogen-bond donors (Lipinski definition) is 2. The monoisotopic (exact) mass is 468 g/mol. The van der Waals surface area contributed by atoms with E-state index in [1.54, 1.807) is 31.4 Å². The molecule has 0 aromatic heterocycles. The predicted octanol–water partition coefficient (Wildman–Crippen LogP) is 3.22. The first-order valence-corrected chi connectivity index (χ1v) is 11.9. The van der Waals surface area contributed by atoms with Gasteiger partial charge in [-0.15, -0.1) is 0 Å². The number of nitrogens with one attached hydrogen (secondary N) is 2. The molecule has 1 atom stereocenters. The number of hydrogen-bond acceptors (Lipinski definition) is 5. The molecule has 0 aliphatic heterocycles. The molecule has 0 saturated heterocycles. The van der Waals surface area contributed by atoms with Crippen LogP contribution in [-0.2, 0) is 27.8 Å². The average Bonchev–Trinajstić information content (AvgIpc) is 2.82. The summed E-state index contributed by atoms with van der Waals surface area (Å²) >= 11 is 0. The molecule has 7 nitrogen and oxygen atoms in total. The highest BCUT2D eigenvalue weighted by molar-refractivity contribution is 7.89. The minimum absolute atomic E-state index is 0.110. The lowest BCUT2D eigenvalue weighted by Crippen LogP contribution is -2.47. The highest BCUT2D eigenvalue weighted by Crippen LogP contribution is 2.27. The van der Waals surface area contributed by atoms with Gasteiger partial charge in [-0.1, -0.05) is 54.1 Å². The molecule has 0 aliphatic carbocycles. The van der Waals surface area contributed by atoms with Crippen molar-refractivity contribution in [2.24, 2.45) is 0 Å². The van der Waals surface area contributed by atoms with Crippen LogP contribution in [0, 0.1) is 6.92 Å². The molecule has 33 heavy (non-hydrogen) atoms. The molecule has 0 unspecified atom stereocenters. The van der Waals surface area contributed by atoms with Crippen molar-refractivity contribution in [3.8, 4) is 11.5 Å². The van der Waals surface area contributed by atoms with Crippen molar-refractivity contribution < 1.29 is 22.7 Å². The van der Waals surface area contributed by atoms with Crippen LogP contribution < -0.4 is 19.5 Å². The van der Waals surface area contributed by atoms with Crippen LogP contribution in [0.5, 0.6) is 11.5 Å².